The van der Waals surface area contributed by atoms with Gasteiger partial charge in [-0.25, -0.2) is 14.0 Å². The molecule has 3 aromatic heterocycles. The van der Waals surface area contributed by atoms with Crippen LogP contribution in [-0.4, -0.2) is 30.7 Å². The Labute approximate surface area is 143 Å². The molecule has 0 aliphatic rings. The van der Waals surface area contributed by atoms with Crippen LogP contribution < -0.4 is 10.9 Å². The number of halogens is 1. The maximum absolute atomic E-state index is 13.1. The van der Waals surface area contributed by atoms with Crippen molar-refractivity contribution in [3.05, 3.63) is 63.6 Å². The summed E-state index contributed by atoms with van der Waals surface area (Å²) in [5.74, 6) is -0.763. The molecule has 0 atom stereocenters. The topological polar surface area (TPSA) is 105 Å². The van der Waals surface area contributed by atoms with Gasteiger partial charge in [-0.1, -0.05) is 0 Å². The van der Waals surface area contributed by atoms with Gasteiger partial charge < -0.3 is 0 Å². The van der Waals surface area contributed by atoms with Crippen LogP contribution in [0.1, 0.15) is 10.5 Å². The minimum Gasteiger partial charge on any atom is -0.288 e. The molecule has 4 rings (SSSR count). The standard InChI is InChI=1S/C15H9FN6O2S/c16-9-3-1-8(2-4-9)11-7-25-15-18-14(21-22(11)15)17-13(24)10-5-6-12(23)20-19-10/h1-7H,(H,20,23)(H,17,21,24). The lowest BCUT2D eigenvalue weighted by Gasteiger charge is -1.99. The number of thiazole rings is 1. The number of carbonyl (C=O) groups is 1. The van der Waals surface area contributed by atoms with Gasteiger partial charge in [0.15, 0.2) is 0 Å². The molecule has 1 aromatic carbocycles. The van der Waals surface area contributed by atoms with Crippen molar-refractivity contribution in [2.75, 3.05) is 5.32 Å². The highest BCUT2D eigenvalue weighted by molar-refractivity contribution is 7.15. The second-order valence-corrected chi connectivity index (χ2v) is 5.85. The maximum atomic E-state index is 13.1. The van der Waals surface area contributed by atoms with Crippen LogP contribution in [0.25, 0.3) is 16.2 Å². The van der Waals surface area contributed by atoms with Crippen molar-refractivity contribution in [2.24, 2.45) is 0 Å². The molecule has 1 amide bonds. The quantitative estimate of drug-likeness (QED) is 0.584. The summed E-state index contributed by atoms with van der Waals surface area (Å²) in [5.41, 5.74) is 1.14. The SMILES string of the molecule is O=C(Nc1nc2scc(-c3ccc(F)cc3)n2n1)c1ccc(=O)[nH]n1. The Hall–Kier alpha value is -3.40. The van der Waals surface area contributed by atoms with Crippen LogP contribution in [0, 0.1) is 5.82 Å². The number of nitrogens with one attached hydrogen (secondary N) is 2. The Bertz CT molecular complexity index is 1110. The van der Waals surface area contributed by atoms with Crippen LogP contribution in [0.15, 0.2) is 46.6 Å². The largest absolute Gasteiger partial charge is 0.288 e. The highest BCUT2D eigenvalue weighted by Gasteiger charge is 2.15. The Morgan fingerprint density at radius 2 is 2.00 bits per heavy atom. The van der Waals surface area contributed by atoms with Gasteiger partial charge in [-0.3, -0.25) is 14.9 Å². The molecule has 0 bridgehead atoms. The number of fused-ring (bicyclic) bond motifs is 1. The van der Waals surface area contributed by atoms with Crippen LogP contribution >= 0.6 is 11.3 Å². The molecule has 0 spiro atoms. The van der Waals surface area contributed by atoms with Gasteiger partial charge in [0.1, 0.15) is 11.5 Å². The fourth-order valence-corrected chi connectivity index (χ4v) is 3.02. The summed E-state index contributed by atoms with van der Waals surface area (Å²) in [6, 6.07) is 8.51. The van der Waals surface area contributed by atoms with Gasteiger partial charge in [0, 0.05) is 17.0 Å². The van der Waals surface area contributed by atoms with Crippen LogP contribution in [0.4, 0.5) is 10.3 Å². The first-order valence-corrected chi connectivity index (χ1v) is 7.95. The van der Waals surface area contributed by atoms with E-state index >= 15 is 0 Å². The predicted octanol–water partition coefficient (Wildman–Crippen LogP) is 1.93. The molecule has 10 heteroatoms. The molecule has 0 unspecified atom stereocenters. The Morgan fingerprint density at radius 3 is 2.72 bits per heavy atom. The van der Waals surface area contributed by atoms with E-state index in [-0.39, 0.29) is 17.5 Å². The summed E-state index contributed by atoms with van der Waals surface area (Å²) >= 11 is 1.34. The number of rotatable bonds is 3. The molecule has 0 radical (unpaired) electrons. The molecule has 2 N–H and O–H groups in total. The van der Waals surface area contributed by atoms with E-state index in [1.807, 2.05) is 5.38 Å². The summed E-state index contributed by atoms with van der Waals surface area (Å²) in [5, 5.41) is 14.4. The minimum atomic E-state index is -0.544. The summed E-state index contributed by atoms with van der Waals surface area (Å²) in [6.45, 7) is 0. The number of aromatic nitrogens is 5. The predicted molar refractivity (Wildman–Crippen MR) is 89.1 cm³/mol. The summed E-state index contributed by atoms with van der Waals surface area (Å²) in [6.07, 6.45) is 0. The van der Waals surface area contributed by atoms with Crippen LogP contribution in [0.2, 0.25) is 0 Å². The van der Waals surface area contributed by atoms with Gasteiger partial charge in [0.25, 0.3) is 17.4 Å². The number of nitrogens with zero attached hydrogens (tertiary/aromatic N) is 4. The molecule has 8 nitrogen and oxygen atoms in total. The van der Waals surface area contributed by atoms with E-state index in [2.05, 4.69) is 25.6 Å². The number of H-pyrrole nitrogens is 1. The molecule has 3 heterocycles. The lowest BCUT2D eigenvalue weighted by molar-refractivity contribution is 0.102. The fraction of sp³-hybridized carbons (Fsp3) is 0. The molecular weight excluding hydrogens is 347 g/mol. The first-order chi connectivity index (χ1) is 12.1. The molecule has 25 heavy (non-hydrogen) atoms. The smallest absolute Gasteiger partial charge is 0.278 e. The fourth-order valence-electron chi connectivity index (χ4n) is 2.19. The van der Waals surface area contributed by atoms with Gasteiger partial charge in [-0.15, -0.1) is 16.4 Å². The van der Waals surface area contributed by atoms with Crippen molar-refractivity contribution in [2.45, 2.75) is 0 Å². The molecule has 0 aliphatic carbocycles. The van der Waals surface area contributed by atoms with Gasteiger partial charge in [-0.05, 0) is 30.3 Å². The van der Waals surface area contributed by atoms with E-state index < -0.39 is 11.5 Å². The first kappa shape index (κ1) is 15.1. The number of aromatic amines is 1. The van der Waals surface area contributed by atoms with Crippen LogP contribution in [0.3, 0.4) is 0 Å². The minimum absolute atomic E-state index is 0.0384. The third-order valence-electron chi connectivity index (χ3n) is 3.36. The van der Waals surface area contributed by atoms with Gasteiger partial charge >= 0.3 is 0 Å². The lowest BCUT2D eigenvalue weighted by atomic mass is 10.2. The van der Waals surface area contributed by atoms with Crippen LogP contribution in [-0.2, 0) is 0 Å². The van der Waals surface area contributed by atoms with Gasteiger partial charge in [-0.2, -0.15) is 10.1 Å². The Kier molecular flexibility index (Phi) is 3.58. The van der Waals surface area contributed by atoms with Crippen molar-refractivity contribution < 1.29 is 9.18 Å². The van der Waals surface area contributed by atoms with E-state index in [1.165, 1.54) is 35.6 Å². The zero-order valence-corrected chi connectivity index (χ0v) is 13.2. The summed E-state index contributed by atoms with van der Waals surface area (Å²) in [4.78, 5) is 27.9. The van der Waals surface area contributed by atoms with Crippen molar-refractivity contribution in [1.82, 2.24) is 24.8 Å². The number of amides is 1. The highest BCUT2D eigenvalue weighted by atomic mass is 32.1. The molecule has 4 aromatic rings. The summed E-state index contributed by atoms with van der Waals surface area (Å²) in [7, 11) is 0. The molecule has 0 saturated heterocycles. The first-order valence-electron chi connectivity index (χ1n) is 7.07. The van der Waals surface area contributed by atoms with Crippen molar-refractivity contribution >= 4 is 28.2 Å². The zero-order chi connectivity index (χ0) is 17.4. The Balaban J connectivity index is 1.63. The average Bonchev–Trinajstić information content (AvgIpc) is 3.16. The average molecular weight is 356 g/mol. The third-order valence-corrected chi connectivity index (χ3v) is 4.17. The number of carbonyl (C=O) groups excluding carboxylic acids is 1. The highest BCUT2D eigenvalue weighted by Crippen LogP contribution is 2.26. The Morgan fingerprint density at radius 1 is 1.20 bits per heavy atom. The van der Waals surface area contributed by atoms with E-state index in [4.69, 9.17) is 0 Å². The maximum Gasteiger partial charge on any atom is 0.278 e. The zero-order valence-electron chi connectivity index (χ0n) is 12.4. The van der Waals surface area contributed by atoms with Gasteiger partial charge in [0.2, 0.25) is 4.96 Å². The third kappa shape index (κ3) is 2.90. The van der Waals surface area contributed by atoms with Crippen LogP contribution in [0.5, 0.6) is 0 Å². The summed E-state index contributed by atoms with van der Waals surface area (Å²) < 4.78 is 14.6. The number of benzene rings is 1. The lowest BCUT2D eigenvalue weighted by Crippen LogP contribution is -2.18. The van der Waals surface area contributed by atoms with Crippen molar-refractivity contribution in [1.29, 1.82) is 0 Å². The second kappa shape index (κ2) is 5.91. The molecule has 0 fully saturated rings. The molecular formula is C15H9FN6O2S. The van der Waals surface area contributed by atoms with E-state index in [9.17, 15) is 14.0 Å². The molecule has 124 valence electrons. The van der Waals surface area contributed by atoms with Crippen molar-refractivity contribution in [3.8, 4) is 11.3 Å². The molecule has 0 aliphatic heterocycles. The molecule has 0 saturated carbocycles. The van der Waals surface area contributed by atoms with E-state index in [1.54, 1.807) is 16.6 Å². The normalized spacial score (nSPS) is 10.9. The number of hydrogen-bond acceptors (Lipinski definition) is 6. The van der Waals surface area contributed by atoms with E-state index in [0.717, 1.165) is 11.3 Å². The van der Waals surface area contributed by atoms with E-state index in [0.29, 0.717) is 4.96 Å². The number of hydrogen-bond donors (Lipinski definition) is 2. The van der Waals surface area contributed by atoms with Gasteiger partial charge in [0.05, 0.1) is 5.69 Å². The second-order valence-electron chi connectivity index (χ2n) is 5.02. The van der Waals surface area contributed by atoms with Crippen molar-refractivity contribution in [3.63, 3.8) is 0 Å². The monoisotopic (exact) mass is 356 g/mol. The number of anilines is 1.